The molecule has 2 nitrogen and oxygen atoms in total. The van der Waals surface area contributed by atoms with Gasteiger partial charge in [-0.1, -0.05) is 37.3 Å². The third kappa shape index (κ3) is 3.74. The number of likely N-dealkylation sites (N-methyl/N-ethyl adjacent to an activating group) is 1. The Bertz CT molecular complexity index is 353. The molecule has 0 amide bonds. The van der Waals surface area contributed by atoms with Gasteiger partial charge in [0.2, 0.25) is 0 Å². The zero-order valence-electron chi connectivity index (χ0n) is 11.6. The molecule has 1 aliphatic rings. The fourth-order valence-electron chi connectivity index (χ4n) is 2.44. The van der Waals surface area contributed by atoms with Gasteiger partial charge in [0, 0.05) is 24.4 Å². The minimum atomic E-state index is 0.437. The summed E-state index contributed by atoms with van der Waals surface area (Å²) in [6.07, 6.45) is 0. The molecule has 3 unspecified atom stereocenters. The highest BCUT2D eigenvalue weighted by Gasteiger charge is 2.26. The molecule has 3 heteroatoms. The first-order valence-electron chi connectivity index (χ1n) is 6.70. The molecule has 0 bridgehead atoms. The maximum Gasteiger partial charge on any atom is 0.0451 e. The van der Waals surface area contributed by atoms with E-state index in [-0.39, 0.29) is 0 Å². The van der Waals surface area contributed by atoms with E-state index in [1.165, 1.54) is 17.1 Å². The molecule has 0 radical (unpaired) electrons. The summed E-state index contributed by atoms with van der Waals surface area (Å²) >= 11 is 2.07. The van der Waals surface area contributed by atoms with Gasteiger partial charge >= 0.3 is 0 Å². The Morgan fingerprint density at radius 1 is 1.28 bits per heavy atom. The van der Waals surface area contributed by atoms with Crippen molar-refractivity contribution in [3.8, 4) is 0 Å². The van der Waals surface area contributed by atoms with Crippen LogP contribution in [0.15, 0.2) is 30.3 Å². The predicted octanol–water partition coefficient (Wildman–Crippen LogP) is 2.63. The maximum atomic E-state index is 3.85. The lowest BCUT2D eigenvalue weighted by atomic mass is 10.0. The van der Waals surface area contributed by atoms with Gasteiger partial charge in [0.05, 0.1) is 0 Å². The fraction of sp³-hybridized carbons (Fsp3) is 0.600. The van der Waals surface area contributed by atoms with E-state index in [0.717, 1.165) is 12.5 Å². The van der Waals surface area contributed by atoms with Gasteiger partial charge in [-0.3, -0.25) is 0 Å². The van der Waals surface area contributed by atoms with Crippen molar-refractivity contribution >= 4 is 11.8 Å². The van der Waals surface area contributed by atoms with E-state index in [9.17, 15) is 0 Å². The van der Waals surface area contributed by atoms with E-state index in [1.807, 2.05) is 0 Å². The molecule has 0 aliphatic carbocycles. The Hall–Kier alpha value is -0.510. The molecule has 3 atom stereocenters. The summed E-state index contributed by atoms with van der Waals surface area (Å²) in [7, 11) is 4.29. The number of nitrogens with one attached hydrogen (secondary N) is 1. The number of hydrogen-bond donors (Lipinski definition) is 1. The molecule has 0 saturated carbocycles. The van der Waals surface area contributed by atoms with Crippen LogP contribution in [0.5, 0.6) is 0 Å². The summed E-state index contributed by atoms with van der Waals surface area (Å²) in [5.74, 6) is 3.32. The first-order chi connectivity index (χ1) is 8.66. The zero-order chi connectivity index (χ0) is 13.0. The zero-order valence-corrected chi connectivity index (χ0v) is 12.4. The minimum absolute atomic E-state index is 0.437. The predicted molar refractivity (Wildman–Crippen MR) is 81.1 cm³/mol. The van der Waals surface area contributed by atoms with Gasteiger partial charge in [-0.05, 0) is 31.3 Å². The lowest BCUT2D eigenvalue weighted by Gasteiger charge is -2.28. The topological polar surface area (TPSA) is 15.3 Å². The first kappa shape index (κ1) is 13.9. The Balaban J connectivity index is 2.05. The number of hydrogen-bond acceptors (Lipinski definition) is 3. The standard InChI is InChI=1S/C15H24N2S/c1-12-10-18-11-15(12)16-14(9-17(2)3)13-7-5-4-6-8-13/h4-8,12,14-16H,9-11H2,1-3H3. The summed E-state index contributed by atoms with van der Waals surface area (Å²) in [4.78, 5) is 2.26. The second kappa shape index (κ2) is 6.60. The van der Waals surface area contributed by atoms with E-state index in [2.05, 4.69) is 73.3 Å². The number of benzene rings is 1. The summed E-state index contributed by atoms with van der Waals surface area (Å²) < 4.78 is 0. The normalized spacial score (nSPS) is 25.6. The number of thioether (sulfide) groups is 1. The van der Waals surface area contributed by atoms with E-state index < -0.39 is 0 Å². The highest BCUT2D eigenvalue weighted by Crippen LogP contribution is 2.26. The summed E-state index contributed by atoms with van der Waals surface area (Å²) in [5, 5.41) is 3.85. The quantitative estimate of drug-likeness (QED) is 0.880. The van der Waals surface area contributed by atoms with Gasteiger partial charge in [0.1, 0.15) is 0 Å². The molecule has 1 fully saturated rings. The monoisotopic (exact) mass is 264 g/mol. The highest BCUT2D eigenvalue weighted by atomic mass is 32.2. The van der Waals surface area contributed by atoms with Gasteiger partial charge in [-0.25, -0.2) is 0 Å². The van der Waals surface area contributed by atoms with Crippen LogP contribution in [-0.4, -0.2) is 43.1 Å². The number of nitrogens with zero attached hydrogens (tertiary/aromatic N) is 1. The molecular weight excluding hydrogens is 240 g/mol. The first-order valence-corrected chi connectivity index (χ1v) is 7.85. The fourth-order valence-corrected chi connectivity index (χ4v) is 3.86. The van der Waals surface area contributed by atoms with Crippen LogP contribution in [0.25, 0.3) is 0 Å². The Morgan fingerprint density at radius 3 is 2.56 bits per heavy atom. The minimum Gasteiger partial charge on any atom is -0.308 e. The van der Waals surface area contributed by atoms with Crippen molar-refractivity contribution in [1.82, 2.24) is 10.2 Å². The summed E-state index contributed by atoms with van der Waals surface area (Å²) in [5.41, 5.74) is 1.40. The van der Waals surface area contributed by atoms with Crippen LogP contribution < -0.4 is 5.32 Å². The summed E-state index contributed by atoms with van der Waals surface area (Å²) in [6, 6.07) is 11.9. The van der Waals surface area contributed by atoms with E-state index in [4.69, 9.17) is 0 Å². The highest BCUT2D eigenvalue weighted by molar-refractivity contribution is 7.99. The molecule has 2 rings (SSSR count). The molecule has 1 aromatic rings. The van der Waals surface area contributed by atoms with Crippen LogP contribution in [0.1, 0.15) is 18.5 Å². The molecule has 1 saturated heterocycles. The molecular formula is C15H24N2S. The average molecular weight is 264 g/mol. The van der Waals surface area contributed by atoms with Crippen LogP contribution in [0.2, 0.25) is 0 Å². The lowest BCUT2D eigenvalue weighted by Crippen LogP contribution is -2.41. The SMILES string of the molecule is CC1CSCC1NC(CN(C)C)c1ccccc1. The van der Waals surface area contributed by atoms with Crippen LogP contribution in [0, 0.1) is 5.92 Å². The molecule has 0 aromatic heterocycles. The molecule has 100 valence electrons. The van der Waals surface area contributed by atoms with Gasteiger partial charge < -0.3 is 10.2 Å². The molecule has 1 aromatic carbocycles. The maximum absolute atomic E-state index is 3.85. The van der Waals surface area contributed by atoms with Crippen molar-refractivity contribution in [3.05, 3.63) is 35.9 Å². The smallest absolute Gasteiger partial charge is 0.0451 e. The Kier molecular flexibility index (Phi) is 5.10. The second-order valence-corrected chi connectivity index (χ2v) is 6.59. The second-order valence-electron chi connectivity index (χ2n) is 5.51. The van der Waals surface area contributed by atoms with E-state index in [1.54, 1.807) is 0 Å². The van der Waals surface area contributed by atoms with Crippen LogP contribution >= 0.6 is 11.8 Å². The Labute approximate surface area is 115 Å². The van der Waals surface area contributed by atoms with Crippen molar-refractivity contribution in [2.24, 2.45) is 5.92 Å². The third-order valence-corrected chi connectivity index (χ3v) is 4.89. The largest absolute Gasteiger partial charge is 0.308 e. The molecule has 1 N–H and O–H groups in total. The van der Waals surface area contributed by atoms with Crippen molar-refractivity contribution in [3.63, 3.8) is 0 Å². The van der Waals surface area contributed by atoms with Crippen LogP contribution in [-0.2, 0) is 0 Å². The molecule has 0 spiro atoms. The number of rotatable bonds is 5. The lowest BCUT2D eigenvalue weighted by molar-refractivity contribution is 0.308. The van der Waals surface area contributed by atoms with Crippen LogP contribution in [0.3, 0.4) is 0 Å². The van der Waals surface area contributed by atoms with Gasteiger partial charge in [-0.15, -0.1) is 0 Å². The van der Waals surface area contributed by atoms with Crippen molar-refractivity contribution in [2.75, 3.05) is 32.1 Å². The van der Waals surface area contributed by atoms with Crippen LogP contribution in [0.4, 0.5) is 0 Å². The van der Waals surface area contributed by atoms with E-state index in [0.29, 0.717) is 12.1 Å². The average Bonchev–Trinajstić information content (AvgIpc) is 2.75. The summed E-state index contributed by atoms with van der Waals surface area (Å²) in [6.45, 7) is 3.41. The van der Waals surface area contributed by atoms with Gasteiger partial charge in [0.15, 0.2) is 0 Å². The van der Waals surface area contributed by atoms with Gasteiger partial charge in [-0.2, -0.15) is 11.8 Å². The Morgan fingerprint density at radius 2 is 2.00 bits per heavy atom. The molecule has 1 aliphatic heterocycles. The van der Waals surface area contributed by atoms with Gasteiger partial charge in [0.25, 0.3) is 0 Å². The third-order valence-electron chi connectivity index (χ3n) is 3.53. The van der Waals surface area contributed by atoms with Crippen molar-refractivity contribution in [1.29, 1.82) is 0 Å². The van der Waals surface area contributed by atoms with E-state index >= 15 is 0 Å². The van der Waals surface area contributed by atoms with Crippen molar-refractivity contribution in [2.45, 2.75) is 19.0 Å². The van der Waals surface area contributed by atoms with Crippen molar-refractivity contribution < 1.29 is 0 Å². The molecule has 1 heterocycles. The molecule has 18 heavy (non-hydrogen) atoms.